The Bertz CT molecular complexity index is 305. The molecular formula is C11H22ClNO2S. The molecule has 0 spiro atoms. The van der Waals surface area contributed by atoms with E-state index in [-0.39, 0.29) is 11.8 Å². The van der Waals surface area contributed by atoms with E-state index in [1.54, 1.807) is 0 Å². The van der Waals surface area contributed by atoms with Crippen molar-refractivity contribution in [1.29, 1.82) is 0 Å². The van der Waals surface area contributed by atoms with Crippen LogP contribution in [-0.2, 0) is 10.0 Å². The van der Waals surface area contributed by atoms with Crippen LogP contribution in [0.4, 0.5) is 0 Å². The van der Waals surface area contributed by atoms with Crippen LogP contribution in [0, 0.1) is 11.8 Å². The smallest absolute Gasteiger partial charge is 0.211 e. The number of hydrogen-bond acceptors (Lipinski definition) is 2. The highest BCUT2D eigenvalue weighted by molar-refractivity contribution is 7.89. The molecule has 3 atom stereocenters. The van der Waals surface area contributed by atoms with E-state index < -0.39 is 10.0 Å². The van der Waals surface area contributed by atoms with E-state index in [4.69, 9.17) is 11.6 Å². The second-order valence-corrected chi connectivity index (χ2v) is 6.94. The fourth-order valence-electron chi connectivity index (χ4n) is 2.52. The van der Waals surface area contributed by atoms with Gasteiger partial charge in [0.1, 0.15) is 0 Å². The Morgan fingerprint density at radius 2 is 2.06 bits per heavy atom. The standard InChI is InChI=1S/C11H22ClNO2S/c1-3-10-5-6-11(9(10)2)13-16(14,15)8-4-7-12/h9-11,13H,3-8H2,1-2H3. The lowest BCUT2D eigenvalue weighted by atomic mass is 9.94. The predicted octanol–water partition coefficient (Wildman–Crippen LogP) is 2.36. The monoisotopic (exact) mass is 267 g/mol. The number of hydrogen-bond donors (Lipinski definition) is 1. The van der Waals surface area contributed by atoms with E-state index in [2.05, 4.69) is 18.6 Å². The maximum atomic E-state index is 11.7. The van der Waals surface area contributed by atoms with E-state index in [1.165, 1.54) is 0 Å². The largest absolute Gasteiger partial charge is 0.212 e. The Balaban J connectivity index is 2.49. The molecule has 0 aromatic rings. The van der Waals surface area contributed by atoms with E-state index in [1.807, 2.05) is 0 Å². The summed E-state index contributed by atoms with van der Waals surface area (Å²) in [4.78, 5) is 0. The van der Waals surface area contributed by atoms with E-state index >= 15 is 0 Å². The highest BCUT2D eigenvalue weighted by Crippen LogP contribution is 2.34. The van der Waals surface area contributed by atoms with Gasteiger partial charge in [-0.1, -0.05) is 20.3 Å². The first-order chi connectivity index (χ1) is 7.50. The normalized spacial score (nSPS) is 30.8. The lowest BCUT2D eigenvalue weighted by Gasteiger charge is -2.20. The number of rotatable bonds is 6. The minimum Gasteiger partial charge on any atom is -0.212 e. The topological polar surface area (TPSA) is 46.2 Å². The average Bonchev–Trinajstić information content (AvgIpc) is 2.57. The second-order valence-electron chi connectivity index (χ2n) is 4.69. The minimum absolute atomic E-state index is 0.130. The van der Waals surface area contributed by atoms with Crippen LogP contribution < -0.4 is 4.72 Å². The summed E-state index contributed by atoms with van der Waals surface area (Å²) in [5.41, 5.74) is 0. The van der Waals surface area contributed by atoms with Gasteiger partial charge < -0.3 is 0 Å². The highest BCUT2D eigenvalue weighted by atomic mass is 35.5. The molecule has 0 aromatic heterocycles. The van der Waals surface area contributed by atoms with Crippen LogP contribution in [0.3, 0.4) is 0 Å². The van der Waals surface area contributed by atoms with Crippen LogP contribution in [0.2, 0.25) is 0 Å². The molecule has 0 aliphatic heterocycles. The molecule has 1 rings (SSSR count). The van der Waals surface area contributed by atoms with Crippen molar-refractivity contribution < 1.29 is 8.42 Å². The van der Waals surface area contributed by atoms with Crippen LogP contribution in [0.1, 0.15) is 39.5 Å². The lowest BCUT2D eigenvalue weighted by Crippen LogP contribution is -2.38. The average molecular weight is 268 g/mol. The van der Waals surface area contributed by atoms with Gasteiger partial charge in [0.05, 0.1) is 5.75 Å². The number of nitrogens with one attached hydrogen (secondary N) is 1. The van der Waals surface area contributed by atoms with Gasteiger partial charge in [0.2, 0.25) is 10.0 Å². The van der Waals surface area contributed by atoms with Gasteiger partial charge in [-0.3, -0.25) is 0 Å². The molecule has 16 heavy (non-hydrogen) atoms. The highest BCUT2D eigenvalue weighted by Gasteiger charge is 2.33. The molecule has 0 heterocycles. The van der Waals surface area contributed by atoms with Crippen LogP contribution >= 0.6 is 11.6 Å². The van der Waals surface area contributed by atoms with Crippen molar-refractivity contribution in [3.05, 3.63) is 0 Å². The molecule has 3 unspecified atom stereocenters. The summed E-state index contributed by atoms with van der Waals surface area (Å²) in [7, 11) is -3.13. The number of sulfonamides is 1. The molecule has 0 radical (unpaired) electrons. The molecule has 1 aliphatic carbocycles. The minimum atomic E-state index is -3.13. The zero-order valence-corrected chi connectivity index (χ0v) is 11.6. The third kappa shape index (κ3) is 3.90. The van der Waals surface area contributed by atoms with Gasteiger partial charge >= 0.3 is 0 Å². The zero-order chi connectivity index (χ0) is 12.2. The molecule has 0 amide bonds. The summed E-state index contributed by atoms with van der Waals surface area (Å²) < 4.78 is 26.3. The molecule has 1 aliphatic rings. The molecule has 0 saturated heterocycles. The van der Waals surface area contributed by atoms with Gasteiger partial charge in [-0.05, 0) is 31.1 Å². The fourth-order valence-corrected chi connectivity index (χ4v) is 4.25. The summed E-state index contributed by atoms with van der Waals surface area (Å²) in [6.45, 7) is 4.32. The van der Waals surface area contributed by atoms with Crippen LogP contribution in [-0.4, -0.2) is 26.1 Å². The Labute approximate surface area is 104 Å². The lowest BCUT2D eigenvalue weighted by molar-refractivity contribution is 0.368. The van der Waals surface area contributed by atoms with Crippen molar-refractivity contribution in [2.24, 2.45) is 11.8 Å². The maximum absolute atomic E-state index is 11.7. The van der Waals surface area contributed by atoms with Crippen LogP contribution in [0.25, 0.3) is 0 Å². The van der Waals surface area contributed by atoms with Crippen molar-refractivity contribution in [3.8, 4) is 0 Å². The molecule has 5 heteroatoms. The van der Waals surface area contributed by atoms with Crippen LogP contribution in [0.5, 0.6) is 0 Å². The third-order valence-electron chi connectivity index (χ3n) is 3.63. The van der Waals surface area contributed by atoms with Gasteiger partial charge in [0.25, 0.3) is 0 Å². The summed E-state index contributed by atoms with van der Waals surface area (Å²) in [6, 6.07) is 0.130. The molecule has 3 nitrogen and oxygen atoms in total. The van der Waals surface area contributed by atoms with Crippen molar-refractivity contribution >= 4 is 21.6 Å². The maximum Gasteiger partial charge on any atom is 0.211 e. The second kappa shape index (κ2) is 6.22. The Kier molecular flexibility index (Phi) is 5.54. The first kappa shape index (κ1) is 14.3. The SMILES string of the molecule is CCC1CCC(NS(=O)(=O)CCCCl)C1C. The molecule has 1 N–H and O–H groups in total. The molecule has 1 saturated carbocycles. The molecular weight excluding hydrogens is 246 g/mol. The Morgan fingerprint density at radius 1 is 1.38 bits per heavy atom. The van der Waals surface area contributed by atoms with Crippen molar-refractivity contribution in [1.82, 2.24) is 4.72 Å². The van der Waals surface area contributed by atoms with E-state index in [0.29, 0.717) is 24.1 Å². The first-order valence-corrected chi connectivity index (χ1v) is 8.24. The van der Waals surface area contributed by atoms with Gasteiger partial charge in [-0.15, -0.1) is 11.6 Å². The van der Waals surface area contributed by atoms with Crippen molar-refractivity contribution in [2.75, 3.05) is 11.6 Å². The van der Waals surface area contributed by atoms with Gasteiger partial charge in [0.15, 0.2) is 0 Å². The molecule has 1 fully saturated rings. The van der Waals surface area contributed by atoms with Gasteiger partial charge in [-0.2, -0.15) is 0 Å². The third-order valence-corrected chi connectivity index (χ3v) is 5.38. The van der Waals surface area contributed by atoms with Crippen LogP contribution in [0.15, 0.2) is 0 Å². The Morgan fingerprint density at radius 3 is 2.56 bits per heavy atom. The quantitative estimate of drug-likeness (QED) is 0.751. The van der Waals surface area contributed by atoms with Crippen molar-refractivity contribution in [2.45, 2.75) is 45.6 Å². The first-order valence-electron chi connectivity index (χ1n) is 6.06. The Hall–Kier alpha value is 0.200. The molecule has 96 valence electrons. The molecule has 0 bridgehead atoms. The summed E-state index contributed by atoms with van der Waals surface area (Å²) in [5.74, 6) is 1.67. The number of halogens is 1. The summed E-state index contributed by atoms with van der Waals surface area (Å²) >= 11 is 5.51. The van der Waals surface area contributed by atoms with Crippen molar-refractivity contribution in [3.63, 3.8) is 0 Å². The summed E-state index contributed by atoms with van der Waals surface area (Å²) in [6.07, 6.45) is 3.77. The molecule has 0 aromatic carbocycles. The predicted molar refractivity (Wildman–Crippen MR) is 68.2 cm³/mol. The number of alkyl halides is 1. The van der Waals surface area contributed by atoms with Gasteiger partial charge in [0, 0.05) is 11.9 Å². The van der Waals surface area contributed by atoms with Gasteiger partial charge in [-0.25, -0.2) is 13.1 Å². The van der Waals surface area contributed by atoms with E-state index in [0.717, 1.165) is 19.3 Å². The zero-order valence-electron chi connectivity index (χ0n) is 10.1. The van der Waals surface area contributed by atoms with E-state index in [9.17, 15) is 8.42 Å². The fraction of sp³-hybridized carbons (Fsp3) is 1.00. The summed E-state index contributed by atoms with van der Waals surface area (Å²) in [5, 5.41) is 0.